The van der Waals surface area contributed by atoms with Gasteiger partial charge in [-0.05, 0) is 48.2 Å². The fourth-order valence-electron chi connectivity index (χ4n) is 4.02. The number of nitrogens with zero attached hydrogens (tertiary/aromatic N) is 1. The molecular weight excluding hydrogens is 349 g/mol. The molecule has 0 saturated carbocycles. The summed E-state index contributed by atoms with van der Waals surface area (Å²) < 4.78 is 13.5. The van der Waals surface area contributed by atoms with E-state index in [9.17, 15) is 9.18 Å². The van der Waals surface area contributed by atoms with Crippen LogP contribution in [0.15, 0.2) is 78.9 Å². The first kappa shape index (κ1) is 18.6. The van der Waals surface area contributed by atoms with Crippen molar-refractivity contribution in [1.29, 1.82) is 0 Å². The largest absolute Gasteiger partial charge is 0.293 e. The van der Waals surface area contributed by atoms with Crippen molar-refractivity contribution in [2.75, 3.05) is 13.1 Å². The third-order valence-corrected chi connectivity index (χ3v) is 5.51. The lowest BCUT2D eigenvalue weighted by molar-refractivity contribution is 0.0843. The van der Waals surface area contributed by atoms with Gasteiger partial charge in [-0.25, -0.2) is 4.39 Å². The fourth-order valence-corrected chi connectivity index (χ4v) is 4.02. The van der Waals surface area contributed by atoms with Crippen molar-refractivity contribution >= 4 is 5.78 Å². The first-order chi connectivity index (χ1) is 13.7. The molecule has 3 heteroatoms. The Labute approximate surface area is 165 Å². The molecule has 142 valence electrons. The lowest BCUT2D eigenvalue weighted by Crippen LogP contribution is -2.37. The number of carbonyl (C=O) groups is 1. The van der Waals surface area contributed by atoms with E-state index < -0.39 is 0 Å². The van der Waals surface area contributed by atoms with Crippen molar-refractivity contribution < 1.29 is 9.18 Å². The summed E-state index contributed by atoms with van der Waals surface area (Å²) in [6, 6.07) is 24.8. The van der Waals surface area contributed by atoms with E-state index in [1.165, 1.54) is 18.1 Å². The van der Waals surface area contributed by atoms with E-state index in [1.54, 1.807) is 12.1 Å². The molecule has 1 unspecified atom stereocenters. The summed E-state index contributed by atoms with van der Waals surface area (Å²) in [6.07, 6.45) is 3.35. The number of carbonyl (C=O) groups excluding carboxylic acids is 1. The Hall–Kier alpha value is -2.78. The van der Waals surface area contributed by atoms with Crippen LogP contribution in [0.4, 0.5) is 4.39 Å². The van der Waals surface area contributed by atoms with E-state index in [-0.39, 0.29) is 17.6 Å². The van der Waals surface area contributed by atoms with Crippen LogP contribution in [0.1, 0.15) is 41.2 Å². The summed E-state index contributed by atoms with van der Waals surface area (Å²) >= 11 is 0. The van der Waals surface area contributed by atoms with Crippen LogP contribution in [-0.4, -0.2) is 23.8 Å². The SMILES string of the molecule is O=C(CN1CCCCC1c1ccc(-c2cccc(F)c2)cc1)c1ccccc1. The zero-order valence-electron chi connectivity index (χ0n) is 15.9. The van der Waals surface area contributed by atoms with E-state index >= 15 is 0 Å². The van der Waals surface area contributed by atoms with Crippen molar-refractivity contribution in [1.82, 2.24) is 4.90 Å². The highest BCUT2D eigenvalue weighted by Gasteiger charge is 2.26. The molecule has 1 saturated heterocycles. The van der Waals surface area contributed by atoms with Crippen molar-refractivity contribution in [3.63, 3.8) is 0 Å². The highest BCUT2D eigenvalue weighted by atomic mass is 19.1. The van der Waals surface area contributed by atoms with Crippen molar-refractivity contribution in [2.24, 2.45) is 0 Å². The second-order valence-electron chi connectivity index (χ2n) is 7.40. The van der Waals surface area contributed by atoms with E-state index in [2.05, 4.69) is 29.2 Å². The molecule has 0 spiro atoms. The maximum atomic E-state index is 13.5. The standard InChI is InChI=1S/C25H24FNO/c26-23-10-6-9-22(17-23)19-12-14-20(15-13-19)24-11-4-5-16-27(24)18-25(28)21-7-2-1-3-8-21/h1-3,6-10,12-15,17,24H,4-5,11,16,18H2. The van der Waals surface area contributed by atoms with Gasteiger partial charge in [-0.15, -0.1) is 0 Å². The first-order valence-electron chi connectivity index (χ1n) is 9.89. The van der Waals surface area contributed by atoms with Crippen LogP contribution in [-0.2, 0) is 0 Å². The van der Waals surface area contributed by atoms with Gasteiger partial charge in [-0.1, -0.05) is 73.2 Å². The molecule has 4 rings (SSSR count). The monoisotopic (exact) mass is 373 g/mol. The number of ketones is 1. The predicted molar refractivity (Wildman–Crippen MR) is 111 cm³/mol. The minimum absolute atomic E-state index is 0.170. The van der Waals surface area contributed by atoms with Crippen LogP contribution in [0.2, 0.25) is 0 Å². The van der Waals surface area contributed by atoms with Crippen molar-refractivity contribution in [2.45, 2.75) is 25.3 Å². The summed E-state index contributed by atoms with van der Waals surface area (Å²) in [7, 11) is 0. The van der Waals surface area contributed by atoms with Crippen LogP contribution in [0, 0.1) is 5.82 Å². The summed E-state index contributed by atoms with van der Waals surface area (Å²) in [5.74, 6) is -0.0525. The summed E-state index contributed by atoms with van der Waals surface area (Å²) in [6.45, 7) is 1.38. The third-order valence-electron chi connectivity index (χ3n) is 5.51. The highest BCUT2D eigenvalue weighted by molar-refractivity contribution is 5.97. The molecule has 0 amide bonds. The van der Waals surface area contributed by atoms with Crippen LogP contribution in [0.25, 0.3) is 11.1 Å². The quantitative estimate of drug-likeness (QED) is 0.519. The molecule has 28 heavy (non-hydrogen) atoms. The van der Waals surface area contributed by atoms with Gasteiger partial charge >= 0.3 is 0 Å². The fraction of sp³-hybridized carbons (Fsp3) is 0.240. The molecule has 3 aromatic rings. The minimum atomic E-state index is -0.223. The maximum absolute atomic E-state index is 13.5. The maximum Gasteiger partial charge on any atom is 0.176 e. The Kier molecular flexibility index (Phi) is 5.63. The number of hydrogen-bond acceptors (Lipinski definition) is 2. The number of halogens is 1. The zero-order valence-corrected chi connectivity index (χ0v) is 15.9. The summed E-state index contributed by atoms with van der Waals surface area (Å²) in [5.41, 5.74) is 3.88. The zero-order chi connectivity index (χ0) is 19.3. The van der Waals surface area contributed by atoms with Crippen LogP contribution < -0.4 is 0 Å². The second-order valence-corrected chi connectivity index (χ2v) is 7.40. The normalized spacial score (nSPS) is 17.4. The first-order valence-corrected chi connectivity index (χ1v) is 9.89. The minimum Gasteiger partial charge on any atom is -0.293 e. The van der Waals surface area contributed by atoms with Crippen LogP contribution >= 0.6 is 0 Å². The van der Waals surface area contributed by atoms with Gasteiger partial charge in [0.2, 0.25) is 0 Å². The Morgan fingerprint density at radius 2 is 1.68 bits per heavy atom. The van der Waals surface area contributed by atoms with Gasteiger partial charge in [0.05, 0.1) is 6.54 Å². The van der Waals surface area contributed by atoms with E-state index in [4.69, 9.17) is 0 Å². The number of Topliss-reactive ketones (excluding diaryl/α,β-unsaturated/α-hetero) is 1. The van der Waals surface area contributed by atoms with Gasteiger partial charge in [0.1, 0.15) is 5.82 Å². The molecule has 0 aliphatic carbocycles. The smallest absolute Gasteiger partial charge is 0.176 e. The van der Waals surface area contributed by atoms with Gasteiger partial charge in [0.25, 0.3) is 0 Å². The lowest BCUT2D eigenvalue weighted by atomic mass is 9.93. The molecular formula is C25H24FNO. The molecule has 0 N–H and O–H groups in total. The topological polar surface area (TPSA) is 20.3 Å². The number of piperidine rings is 1. The van der Waals surface area contributed by atoms with Gasteiger partial charge in [-0.3, -0.25) is 9.69 Å². The molecule has 1 aliphatic heterocycles. The Morgan fingerprint density at radius 3 is 2.43 bits per heavy atom. The number of benzene rings is 3. The molecule has 2 nitrogen and oxygen atoms in total. The summed E-state index contributed by atoms with van der Waals surface area (Å²) in [4.78, 5) is 15.0. The average Bonchev–Trinajstić information content (AvgIpc) is 2.75. The summed E-state index contributed by atoms with van der Waals surface area (Å²) in [5, 5.41) is 0. The van der Waals surface area contributed by atoms with Gasteiger partial charge in [-0.2, -0.15) is 0 Å². The highest BCUT2D eigenvalue weighted by Crippen LogP contribution is 2.32. The van der Waals surface area contributed by atoms with Crippen molar-refractivity contribution in [3.05, 3.63) is 95.8 Å². The Bertz CT molecular complexity index is 936. The lowest BCUT2D eigenvalue weighted by Gasteiger charge is -2.35. The molecule has 0 radical (unpaired) electrons. The van der Waals surface area contributed by atoms with Crippen LogP contribution in [0.5, 0.6) is 0 Å². The van der Waals surface area contributed by atoms with Gasteiger partial charge in [0, 0.05) is 11.6 Å². The molecule has 0 bridgehead atoms. The van der Waals surface area contributed by atoms with E-state index in [0.29, 0.717) is 6.54 Å². The van der Waals surface area contributed by atoms with Gasteiger partial charge < -0.3 is 0 Å². The Balaban J connectivity index is 1.52. The molecule has 3 aromatic carbocycles. The number of rotatable bonds is 5. The van der Waals surface area contributed by atoms with E-state index in [0.717, 1.165) is 36.1 Å². The second kappa shape index (κ2) is 8.49. The van der Waals surface area contributed by atoms with Crippen LogP contribution in [0.3, 0.4) is 0 Å². The van der Waals surface area contributed by atoms with E-state index in [1.807, 2.05) is 36.4 Å². The Morgan fingerprint density at radius 1 is 0.893 bits per heavy atom. The molecule has 1 heterocycles. The molecule has 1 fully saturated rings. The molecule has 1 atom stereocenters. The molecule has 1 aliphatic rings. The average molecular weight is 373 g/mol. The molecule has 0 aromatic heterocycles. The number of hydrogen-bond donors (Lipinski definition) is 0. The van der Waals surface area contributed by atoms with Gasteiger partial charge in [0.15, 0.2) is 5.78 Å². The number of likely N-dealkylation sites (tertiary alicyclic amines) is 1. The third kappa shape index (κ3) is 4.20. The predicted octanol–water partition coefficient (Wildman–Crippen LogP) is 5.90. The van der Waals surface area contributed by atoms with Crippen molar-refractivity contribution in [3.8, 4) is 11.1 Å².